The average molecular weight is 346 g/mol. The maximum Gasteiger partial charge on any atom is 0.242 e. The molecule has 2 aromatic rings. The van der Waals surface area contributed by atoms with Gasteiger partial charge in [-0.1, -0.05) is 35.3 Å². The first-order chi connectivity index (χ1) is 9.92. The van der Waals surface area contributed by atoms with Gasteiger partial charge in [0.15, 0.2) is 0 Å². The normalized spacial score (nSPS) is 11.4. The first-order valence-corrected chi connectivity index (χ1v) is 8.24. The summed E-state index contributed by atoms with van der Waals surface area (Å²) in [6.45, 7) is 0.158. The second-order valence-corrected chi connectivity index (χ2v) is 6.83. The molecule has 7 heteroatoms. The Hall–Kier alpha value is -1.27. The van der Waals surface area contributed by atoms with Crippen molar-refractivity contribution >= 4 is 33.2 Å². The molecule has 0 saturated carbocycles. The van der Waals surface area contributed by atoms with E-state index in [2.05, 4.69) is 4.72 Å². The van der Waals surface area contributed by atoms with E-state index in [-0.39, 0.29) is 16.5 Å². The van der Waals surface area contributed by atoms with Gasteiger partial charge in [-0.25, -0.2) is 13.1 Å². The van der Waals surface area contributed by atoms with E-state index in [9.17, 15) is 8.42 Å². The van der Waals surface area contributed by atoms with Crippen molar-refractivity contribution in [1.82, 2.24) is 4.72 Å². The minimum absolute atomic E-state index is 0.00192. The Kier molecular flexibility index (Phi) is 5.11. The Morgan fingerprint density at radius 3 is 2.33 bits per heavy atom. The molecule has 21 heavy (non-hydrogen) atoms. The van der Waals surface area contributed by atoms with Crippen LogP contribution in [-0.4, -0.2) is 15.5 Å². The highest BCUT2D eigenvalue weighted by Crippen LogP contribution is 2.25. The third-order valence-corrected chi connectivity index (χ3v) is 4.93. The van der Waals surface area contributed by atoms with Gasteiger partial charge < -0.3 is 4.74 Å². The van der Waals surface area contributed by atoms with Crippen LogP contribution in [0, 0.1) is 0 Å². The topological polar surface area (TPSA) is 55.4 Å². The minimum Gasteiger partial charge on any atom is -0.497 e. The second-order valence-electron chi connectivity index (χ2n) is 4.25. The summed E-state index contributed by atoms with van der Waals surface area (Å²) in [6, 6.07) is 11.3. The molecule has 2 rings (SSSR count). The predicted molar refractivity (Wildman–Crippen MR) is 83.5 cm³/mol. The molecule has 0 aromatic heterocycles. The Labute approximate surface area is 133 Å². The van der Waals surface area contributed by atoms with E-state index in [4.69, 9.17) is 27.9 Å². The van der Waals surface area contributed by atoms with Crippen LogP contribution in [0.15, 0.2) is 47.4 Å². The van der Waals surface area contributed by atoms with Gasteiger partial charge in [0.1, 0.15) is 10.6 Å². The molecule has 0 amide bonds. The van der Waals surface area contributed by atoms with Crippen LogP contribution < -0.4 is 9.46 Å². The fourth-order valence-electron chi connectivity index (χ4n) is 1.69. The molecule has 0 saturated heterocycles. The van der Waals surface area contributed by atoms with Gasteiger partial charge in [0.2, 0.25) is 10.0 Å². The molecule has 2 aromatic carbocycles. The number of nitrogens with one attached hydrogen (secondary N) is 1. The van der Waals surface area contributed by atoms with Crippen molar-refractivity contribution in [3.05, 3.63) is 58.1 Å². The molecule has 0 aliphatic carbocycles. The van der Waals surface area contributed by atoms with Crippen LogP contribution >= 0.6 is 23.2 Å². The molecular formula is C14H13Cl2NO3S. The molecular weight excluding hydrogens is 333 g/mol. The summed E-state index contributed by atoms with van der Waals surface area (Å²) in [5, 5.41) is 0.471. The van der Waals surface area contributed by atoms with Gasteiger partial charge in [0.25, 0.3) is 0 Å². The zero-order chi connectivity index (χ0) is 15.5. The van der Waals surface area contributed by atoms with E-state index >= 15 is 0 Å². The summed E-state index contributed by atoms with van der Waals surface area (Å²) >= 11 is 11.7. The largest absolute Gasteiger partial charge is 0.497 e. The predicted octanol–water partition coefficient (Wildman–Crippen LogP) is 3.48. The number of sulfonamides is 1. The van der Waals surface area contributed by atoms with Gasteiger partial charge in [-0.3, -0.25) is 0 Å². The first-order valence-electron chi connectivity index (χ1n) is 6.00. The number of hydrogen-bond donors (Lipinski definition) is 1. The van der Waals surface area contributed by atoms with Gasteiger partial charge in [-0.15, -0.1) is 0 Å². The minimum atomic E-state index is -3.69. The van der Waals surface area contributed by atoms with Crippen LogP contribution in [-0.2, 0) is 16.6 Å². The summed E-state index contributed by atoms with van der Waals surface area (Å²) in [6.07, 6.45) is 0. The summed E-state index contributed by atoms with van der Waals surface area (Å²) in [5.74, 6) is 0.711. The summed E-state index contributed by atoms with van der Waals surface area (Å²) in [5.41, 5.74) is 0.810. The fourth-order valence-corrected chi connectivity index (χ4v) is 3.48. The second kappa shape index (κ2) is 6.66. The van der Waals surface area contributed by atoms with E-state index in [1.54, 1.807) is 31.4 Å². The van der Waals surface area contributed by atoms with Gasteiger partial charge in [0, 0.05) is 11.6 Å². The van der Waals surface area contributed by atoms with Crippen molar-refractivity contribution in [3.63, 3.8) is 0 Å². The Balaban J connectivity index is 2.13. The van der Waals surface area contributed by atoms with Crippen LogP contribution in [0.4, 0.5) is 0 Å². The number of halogens is 2. The molecule has 4 nitrogen and oxygen atoms in total. The van der Waals surface area contributed by atoms with Crippen molar-refractivity contribution in [3.8, 4) is 5.75 Å². The van der Waals surface area contributed by atoms with E-state index < -0.39 is 10.0 Å². The highest BCUT2D eigenvalue weighted by atomic mass is 35.5. The molecule has 0 unspecified atom stereocenters. The van der Waals surface area contributed by atoms with Crippen molar-refractivity contribution < 1.29 is 13.2 Å². The van der Waals surface area contributed by atoms with Gasteiger partial charge in [-0.05, 0) is 35.9 Å². The zero-order valence-electron chi connectivity index (χ0n) is 11.1. The molecule has 112 valence electrons. The van der Waals surface area contributed by atoms with Crippen molar-refractivity contribution in [2.24, 2.45) is 0 Å². The zero-order valence-corrected chi connectivity index (χ0v) is 13.5. The van der Waals surface area contributed by atoms with Crippen LogP contribution in [0.3, 0.4) is 0 Å². The average Bonchev–Trinajstić information content (AvgIpc) is 2.45. The van der Waals surface area contributed by atoms with Gasteiger partial charge in [0.05, 0.1) is 12.1 Å². The van der Waals surface area contributed by atoms with Crippen LogP contribution in [0.25, 0.3) is 0 Å². The summed E-state index contributed by atoms with van der Waals surface area (Å²) < 4.78 is 31.9. The number of ether oxygens (including phenoxy) is 1. The van der Waals surface area contributed by atoms with Crippen LogP contribution in [0.2, 0.25) is 10.0 Å². The number of methoxy groups -OCH3 is 1. The lowest BCUT2D eigenvalue weighted by Gasteiger charge is -2.09. The summed E-state index contributed by atoms with van der Waals surface area (Å²) in [4.78, 5) is 0.00192. The van der Waals surface area contributed by atoms with E-state index in [1.807, 2.05) is 0 Å². The van der Waals surface area contributed by atoms with Crippen molar-refractivity contribution in [1.29, 1.82) is 0 Å². The monoisotopic (exact) mass is 345 g/mol. The highest BCUT2D eigenvalue weighted by Gasteiger charge is 2.17. The SMILES string of the molecule is COc1ccc(CNS(=O)(=O)c2ccc(Cl)cc2Cl)cc1. The standard InChI is InChI=1S/C14H13Cl2NO3S/c1-20-12-5-2-10(3-6-12)9-17-21(18,19)14-7-4-11(15)8-13(14)16/h2-8,17H,9H2,1H3. The molecule has 0 heterocycles. The number of rotatable bonds is 5. The number of hydrogen-bond acceptors (Lipinski definition) is 3. The van der Waals surface area contributed by atoms with Gasteiger partial charge >= 0.3 is 0 Å². The van der Waals surface area contributed by atoms with E-state index in [1.165, 1.54) is 18.2 Å². The molecule has 0 fully saturated rings. The molecule has 0 atom stereocenters. The molecule has 0 aliphatic heterocycles. The Morgan fingerprint density at radius 2 is 1.76 bits per heavy atom. The molecule has 0 spiro atoms. The quantitative estimate of drug-likeness (QED) is 0.902. The lowest BCUT2D eigenvalue weighted by atomic mass is 10.2. The molecule has 1 N–H and O–H groups in total. The Bertz CT molecular complexity index is 730. The maximum absolute atomic E-state index is 12.2. The van der Waals surface area contributed by atoms with Crippen LogP contribution in [0.5, 0.6) is 5.75 Å². The highest BCUT2D eigenvalue weighted by molar-refractivity contribution is 7.89. The van der Waals surface area contributed by atoms with Crippen molar-refractivity contribution in [2.75, 3.05) is 7.11 Å². The lowest BCUT2D eigenvalue weighted by Crippen LogP contribution is -2.23. The number of benzene rings is 2. The van der Waals surface area contributed by atoms with E-state index in [0.29, 0.717) is 10.8 Å². The smallest absolute Gasteiger partial charge is 0.242 e. The molecule has 0 bridgehead atoms. The van der Waals surface area contributed by atoms with E-state index in [0.717, 1.165) is 5.56 Å². The molecule has 0 radical (unpaired) electrons. The van der Waals surface area contributed by atoms with Gasteiger partial charge in [-0.2, -0.15) is 0 Å². The fraction of sp³-hybridized carbons (Fsp3) is 0.143. The van der Waals surface area contributed by atoms with Crippen LogP contribution in [0.1, 0.15) is 5.56 Å². The third-order valence-electron chi connectivity index (χ3n) is 2.81. The Morgan fingerprint density at radius 1 is 1.10 bits per heavy atom. The molecule has 0 aliphatic rings. The third kappa shape index (κ3) is 4.11. The first kappa shape index (κ1) is 16.1. The lowest BCUT2D eigenvalue weighted by molar-refractivity contribution is 0.414. The van der Waals surface area contributed by atoms with Crippen molar-refractivity contribution in [2.45, 2.75) is 11.4 Å². The maximum atomic E-state index is 12.2. The summed E-state index contributed by atoms with van der Waals surface area (Å²) in [7, 11) is -2.12.